The van der Waals surface area contributed by atoms with Gasteiger partial charge >= 0.3 is 0 Å². The van der Waals surface area contributed by atoms with Gasteiger partial charge in [0.05, 0.1) is 0 Å². The smallest absolute Gasteiger partial charge is 0.0473 e. The second-order valence-electron chi connectivity index (χ2n) is 2.24. The fourth-order valence-electron chi connectivity index (χ4n) is 0.788. The van der Waals surface area contributed by atoms with Crippen molar-refractivity contribution in [1.29, 1.82) is 0 Å². The highest BCUT2D eigenvalue weighted by atomic mass is 79.9. The van der Waals surface area contributed by atoms with E-state index >= 15 is 0 Å². The molecule has 2 heteroatoms. The second kappa shape index (κ2) is 3.06. The minimum absolute atomic E-state index is 1.11. The van der Waals surface area contributed by atoms with Crippen LogP contribution in [0.1, 0.15) is 11.1 Å². The van der Waals surface area contributed by atoms with Gasteiger partial charge in [-0.05, 0) is 37.1 Å². The Kier molecular flexibility index (Phi) is 2.33. The lowest BCUT2D eigenvalue weighted by Crippen LogP contribution is -1.87. The summed E-state index contributed by atoms with van der Waals surface area (Å²) in [6, 6.07) is 7.01. The van der Waals surface area contributed by atoms with Crippen molar-refractivity contribution in [3.8, 4) is 0 Å². The summed E-state index contributed by atoms with van der Waals surface area (Å²) >= 11 is 3.18. The fraction of sp³-hybridized carbons (Fsp3) is 0.250. The average molecular weight is 199 g/mol. The van der Waals surface area contributed by atoms with Gasteiger partial charge in [0.2, 0.25) is 0 Å². The zero-order valence-electron chi connectivity index (χ0n) is 6.03. The molecule has 1 radical (unpaired) electrons. The van der Waals surface area contributed by atoms with Crippen LogP contribution in [0.2, 0.25) is 0 Å². The molecule has 0 bridgehead atoms. The molecule has 0 amide bonds. The number of anilines is 1. The Bertz CT molecular complexity index is 233. The van der Waals surface area contributed by atoms with Crippen LogP contribution in [0.5, 0.6) is 0 Å². The third-order valence-corrected chi connectivity index (χ3v) is 2.05. The first-order chi connectivity index (χ1) is 4.75. The SMILES string of the molecule is Cc1[c]ccc(NBr)c1C. The van der Waals surface area contributed by atoms with Gasteiger partial charge in [-0.15, -0.1) is 0 Å². The van der Waals surface area contributed by atoms with Crippen LogP contribution in [0, 0.1) is 19.9 Å². The normalized spacial score (nSPS) is 9.50. The highest BCUT2D eigenvalue weighted by Gasteiger charge is 1.96. The molecule has 0 aliphatic rings. The molecule has 1 aromatic rings. The molecular weight excluding hydrogens is 190 g/mol. The van der Waals surface area contributed by atoms with E-state index in [0.717, 1.165) is 5.69 Å². The van der Waals surface area contributed by atoms with E-state index in [1.54, 1.807) is 0 Å². The first kappa shape index (κ1) is 7.61. The number of aryl methyl sites for hydroxylation is 1. The van der Waals surface area contributed by atoms with E-state index < -0.39 is 0 Å². The van der Waals surface area contributed by atoms with Gasteiger partial charge in [0.15, 0.2) is 0 Å². The minimum atomic E-state index is 1.11. The Morgan fingerprint density at radius 1 is 1.50 bits per heavy atom. The van der Waals surface area contributed by atoms with Gasteiger partial charge in [-0.1, -0.05) is 6.07 Å². The molecule has 0 unspecified atom stereocenters. The quantitative estimate of drug-likeness (QED) is 0.685. The summed E-state index contributed by atoms with van der Waals surface area (Å²) < 4.78 is 2.93. The van der Waals surface area contributed by atoms with Gasteiger partial charge in [-0.3, -0.25) is 0 Å². The largest absolute Gasteiger partial charge is 0.322 e. The van der Waals surface area contributed by atoms with Crippen molar-refractivity contribution >= 4 is 21.8 Å². The van der Waals surface area contributed by atoms with Crippen molar-refractivity contribution in [3.05, 3.63) is 29.3 Å². The summed E-state index contributed by atoms with van der Waals surface area (Å²) in [5.74, 6) is 0. The lowest BCUT2D eigenvalue weighted by atomic mass is 10.1. The summed E-state index contributed by atoms with van der Waals surface area (Å²) in [4.78, 5) is 0. The molecule has 0 atom stereocenters. The summed E-state index contributed by atoms with van der Waals surface area (Å²) in [6.07, 6.45) is 0. The molecule has 0 saturated heterocycles. The number of hydrogen-bond acceptors (Lipinski definition) is 1. The molecule has 0 aromatic heterocycles. The number of benzene rings is 1. The van der Waals surface area contributed by atoms with Crippen LogP contribution in [-0.2, 0) is 0 Å². The van der Waals surface area contributed by atoms with Crippen LogP contribution in [0.25, 0.3) is 0 Å². The molecule has 1 N–H and O–H groups in total. The highest BCUT2D eigenvalue weighted by Crippen LogP contribution is 2.18. The number of halogens is 1. The molecular formula is C8H9BrN. The molecule has 0 spiro atoms. The van der Waals surface area contributed by atoms with Crippen LogP contribution >= 0.6 is 16.1 Å². The molecule has 0 heterocycles. The van der Waals surface area contributed by atoms with E-state index in [2.05, 4.69) is 33.5 Å². The monoisotopic (exact) mass is 198 g/mol. The third-order valence-electron chi connectivity index (χ3n) is 1.62. The molecule has 0 aliphatic carbocycles. The van der Waals surface area contributed by atoms with E-state index in [0.29, 0.717) is 0 Å². The predicted octanol–water partition coefficient (Wildman–Crippen LogP) is 2.83. The maximum absolute atomic E-state index is 3.18. The van der Waals surface area contributed by atoms with Crippen molar-refractivity contribution < 1.29 is 0 Å². The van der Waals surface area contributed by atoms with Crippen LogP contribution in [0.3, 0.4) is 0 Å². The molecule has 1 rings (SSSR count). The maximum Gasteiger partial charge on any atom is 0.0473 e. The zero-order chi connectivity index (χ0) is 7.56. The Labute approximate surface area is 69.8 Å². The lowest BCUT2D eigenvalue weighted by molar-refractivity contribution is 1.34. The fourth-order valence-corrected chi connectivity index (χ4v) is 1.22. The first-order valence-electron chi connectivity index (χ1n) is 3.10. The lowest BCUT2D eigenvalue weighted by Gasteiger charge is -2.04. The summed E-state index contributed by atoms with van der Waals surface area (Å²) in [5.41, 5.74) is 3.53. The van der Waals surface area contributed by atoms with Crippen LogP contribution in [0.15, 0.2) is 12.1 Å². The van der Waals surface area contributed by atoms with Gasteiger partial charge in [0.25, 0.3) is 0 Å². The maximum atomic E-state index is 3.18. The van der Waals surface area contributed by atoms with Crippen LogP contribution in [-0.4, -0.2) is 0 Å². The van der Waals surface area contributed by atoms with Crippen molar-refractivity contribution in [1.82, 2.24) is 0 Å². The third kappa shape index (κ3) is 1.32. The van der Waals surface area contributed by atoms with Crippen molar-refractivity contribution in [3.63, 3.8) is 0 Å². The summed E-state index contributed by atoms with van der Waals surface area (Å²) in [7, 11) is 0. The first-order valence-corrected chi connectivity index (χ1v) is 3.89. The molecule has 1 aromatic carbocycles. The average Bonchev–Trinajstić information content (AvgIpc) is 1.95. The molecule has 0 saturated carbocycles. The summed E-state index contributed by atoms with van der Waals surface area (Å²) in [5, 5.41) is 0. The van der Waals surface area contributed by atoms with Crippen LogP contribution < -0.4 is 4.34 Å². The Hall–Kier alpha value is -0.500. The number of nitrogens with one attached hydrogen (secondary N) is 1. The molecule has 53 valence electrons. The van der Waals surface area contributed by atoms with E-state index in [1.165, 1.54) is 11.1 Å². The van der Waals surface area contributed by atoms with Crippen LogP contribution in [0.4, 0.5) is 5.69 Å². The highest BCUT2D eigenvalue weighted by molar-refractivity contribution is 9.10. The van der Waals surface area contributed by atoms with Crippen molar-refractivity contribution in [2.24, 2.45) is 0 Å². The van der Waals surface area contributed by atoms with E-state index in [1.807, 2.05) is 19.1 Å². The molecule has 0 aliphatic heterocycles. The van der Waals surface area contributed by atoms with Gasteiger partial charge in [-0.2, -0.15) is 0 Å². The van der Waals surface area contributed by atoms with Gasteiger partial charge in [0, 0.05) is 21.8 Å². The molecule has 0 fully saturated rings. The minimum Gasteiger partial charge on any atom is -0.322 e. The standard InChI is InChI=1S/C8H9BrN/c1-6-4-3-5-8(10-9)7(6)2/h3,5,10H,1-2H3. The topological polar surface area (TPSA) is 12.0 Å². The molecule has 10 heavy (non-hydrogen) atoms. The van der Waals surface area contributed by atoms with Gasteiger partial charge < -0.3 is 4.34 Å². The zero-order valence-corrected chi connectivity index (χ0v) is 7.62. The van der Waals surface area contributed by atoms with E-state index in [9.17, 15) is 0 Å². The van der Waals surface area contributed by atoms with Crippen molar-refractivity contribution in [2.45, 2.75) is 13.8 Å². The Morgan fingerprint density at radius 2 is 2.20 bits per heavy atom. The molecule has 1 nitrogen and oxygen atoms in total. The van der Waals surface area contributed by atoms with Gasteiger partial charge in [-0.25, -0.2) is 0 Å². The van der Waals surface area contributed by atoms with E-state index in [4.69, 9.17) is 0 Å². The van der Waals surface area contributed by atoms with E-state index in [-0.39, 0.29) is 0 Å². The predicted molar refractivity (Wildman–Crippen MR) is 47.3 cm³/mol. The second-order valence-corrected chi connectivity index (χ2v) is 2.63. The summed E-state index contributed by atoms with van der Waals surface area (Å²) in [6.45, 7) is 4.11. The number of rotatable bonds is 1. The Balaban J connectivity index is 3.14. The Morgan fingerprint density at radius 3 is 2.70 bits per heavy atom. The van der Waals surface area contributed by atoms with Crippen molar-refractivity contribution in [2.75, 3.05) is 4.34 Å². The number of hydrogen-bond donors (Lipinski definition) is 1. The van der Waals surface area contributed by atoms with Gasteiger partial charge in [0.1, 0.15) is 0 Å².